The molecule has 1 heterocycles. The number of thiazole rings is 1. The van der Waals surface area contributed by atoms with Gasteiger partial charge in [-0.1, -0.05) is 54.6 Å². The Morgan fingerprint density at radius 3 is 1.67 bits per heavy atom. The predicted molar refractivity (Wildman–Crippen MR) is 128 cm³/mol. The molecule has 4 aromatic carbocycles. The summed E-state index contributed by atoms with van der Waals surface area (Å²) < 4.78 is 14.8. The van der Waals surface area contributed by atoms with Crippen molar-refractivity contribution < 1.29 is 4.39 Å². The van der Waals surface area contributed by atoms with E-state index in [0.29, 0.717) is 0 Å². The van der Waals surface area contributed by atoms with Gasteiger partial charge in [0.25, 0.3) is 0 Å². The maximum atomic E-state index is 13.8. The normalized spacial score (nSPS) is 11.6. The molecule has 5 aromatic rings. The average Bonchev–Trinajstić information content (AvgIpc) is 3.20. The minimum absolute atomic E-state index is 0.241. The Morgan fingerprint density at radius 1 is 0.667 bits per heavy atom. The van der Waals surface area contributed by atoms with Crippen LogP contribution in [0.3, 0.4) is 0 Å². The molecule has 146 valence electrons. The Morgan fingerprint density at radius 2 is 1.17 bits per heavy atom. The van der Waals surface area contributed by atoms with Gasteiger partial charge in [0.1, 0.15) is 40.2 Å². The van der Waals surface area contributed by atoms with Gasteiger partial charge in [-0.05, 0) is 48.5 Å². The number of nitrogens with zero attached hydrogens (tertiary/aromatic N) is 1. The van der Waals surface area contributed by atoms with Crippen LogP contribution < -0.4 is 15.9 Å². The maximum absolute atomic E-state index is 13.8. The molecule has 0 atom stereocenters. The molecule has 30 heavy (non-hydrogen) atoms. The summed E-state index contributed by atoms with van der Waals surface area (Å²) in [6.45, 7) is 0. The Balaban J connectivity index is 1.76. The number of hydrogen-bond donors (Lipinski definition) is 0. The van der Waals surface area contributed by atoms with Crippen LogP contribution in [0.2, 0.25) is 0 Å². The van der Waals surface area contributed by atoms with E-state index in [1.54, 1.807) is 11.3 Å². The van der Waals surface area contributed by atoms with Crippen LogP contribution in [0.15, 0.2) is 109 Å². The Kier molecular flexibility index (Phi) is 5.16. The van der Waals surface area contributed by atoms with Crippen molar-refractivity contribution >= 4 is 44.7 Å². The van der Waals surface area contributed by atoms with Crippen LogP contribution in [0.25, 0.3) is 10.2 Å². The van der Waals surface area contributed by atoms with E-state index in [1.807, 2.05) is 6.07 Å². The number of rotatable bonds is 5. The average molecular weight is 428 g/mol. The fourth-order valence-electron chi connectivity index (χ4n) is 3.99. The van der Waals surface area contributed by atoms with Crippen LogP contribution in [-0.2, 0) is 6.16 Å². The van der Waals surface area contributed by atoms with Gasteiger partial charge in [-0.25, -0.2) is 9.37 Å². The number of hydrogen-bond acceptors (Lipinski definition) is 2. The molecular weight excluding hydrogens is 408 g/mol. The first kappa shape index (κ1) is 19.1. The van der Waals surface area contributed by atoms with Crippen LogP contribution in [0.4, 0.5) is 4.39 Å². The van der Waals surface area contributed by atoms with Crippen molar-refractivity contribution in [3.05, 3.63) is 120 Å². The summed E-state index contributed by atoms with van der Waals surface area (Å²) in [5.41, 5.74) is 0.738. The lowest BCUT2D eigenvalue weighted by atomic mass is 10.3. The predicted octanol–water partition coefficient (Wildman–Crippen LogP) is 5.93. The molecule has 0 aliphatic rings. The van der Waals surface area contributed by atoms with Gasteiger partial charge < -0.3 is 0 Å². The zero-order chi connectivity index (χ0) is 20.4. The second-order valence-electron chi connectivity index (χ2n) is 7.19. The lowest BCUT2D eigenvalue weighted by Gasteiger charge is -2.26. The third kappa shape index (κ3) is 3.45. The van der Waals surface area contributed by atoms with Crippen molar-refractivity contribution in [2.24, 2.45) is 0 Å². The van der Waals surface area contributed by atoms with E-state index in [0.717, 1.165) is 21.4 Å². The molecule has 0 aliphatic carbocycles. The van der Waals surface area contributed by atoms with Crippen molar-refractivity contribution in [1.29, 1.82) is 0 Å². The summed E-state index contributed by atoms with van der Waals surface area (Å²) in [6, 6.07) is 37.2. The molecular formula is C26H20FNPS+. The van der Waals surface area contributed by atoms with E-state index in [4.69, 9.17) is 4.98 Å². The number of fused-ring (bicyclic) bond motifs is 1. The summed E-state index contributed by atoms with van der Waals surface area (Å²) in [5.74, 6) is -0.241. The van der Waals surface area contributed by atoms with Crippen molar-refractivity contribution in [2.45, 2.75) is 6.16 Å². The second kappa shape index (κ2) is 8.10. The van der Waals surface area contributed by atoms with Gasteiger partial charge in [0.15, 0.2) is 0 Å². The molecule has 1 nitrogen and oxygen atoms in total. The lowest BCUT2D eigenvalue weighted by molar-refractivity contribution is 0.629. The molecule has 0 amide bonds. The minimum atomic E-state index is -1.99. The van der Waals surface area contributed by atoms with Gasteiger partial charge >= 0.3 is 0 Å². The summed E-state index contributed by atoms with van der Waals surface area (Å²) in [7, 11) is -1.99. The first-order valence-corrected chi connectivity index (χ1v) is 12.6. The van der Waals surface area contributed by atoms with Crippen molar-refractivity contribution in [1.82, 2.24) is 4.98 Å². The third-order valence-electron chi connectivity index (χ3n) is 5.36. The number of aromatic nitrogens is 1. The van der Waals surface area contributed by atoms with Crippen LogP contribution in [0.5, 0.6) is 0 Å². The first-order chi connectivity index (χ1) is 14.8. The maximum Gasteiger partial charge on any atom is 0.132 e. The molecule has 1 aromatic heterocycles. The molecule has 0 unspecified atom stereocenters. The molecule has 0 saturated carbocycles. The van der Waals surface area contributed by atoms with E-state index in [9.17, 15) is 4.39 Å². The highest BCUT2D eigenvalue weighted by Crippen LogP contribution is 2.58. The van der Waals surface area contributed by atoms with Crippen LogP contribution in [0.1, 0.15) is 5.01 Å². The molecule has 0 aliphatic heterocycles. The van der Waals surface area contributed by atoms with Gasteiger partial charge in [-0.3, -0.25) is 0 Å². The summed E-state index contributed by atoms with van der Waals surface area (Å²) in [4.78, 5) is 4.84. The highest BCUT2D eigenvalue weighted by atomic mass is 32.1. The minimum Gasteiger partial charge on any atom is -0.237 e. The molecule has 0 fully saturated rings. The van der Waals surface area contributed by atoms with E-state index in [-0.39, 0.29) is 5.82 Å². The zero-order valence-corrected chi connectivity index (χ0v) is 18.0. The van der Waals surface area contributed by atoms with Gasteiger partial charge in [-0.15, -0.1) is 11.3 Å². The summed E-state index contributed by atoms with van der Waals surface area (Å²) in [5, 5.41) is 5.02. The van der Waals surface area contributed by atoms with Crippen LogP contribution in [0, 0.1) is 5.82 Å². The van der Waals surface area contributed by atoms with Gasteiger partial charge in [0, 0.05) is 6.07 Å². The Labute approximate surface area is 180 Å². The van der Waals surface area contributed by atoms with Gasteiger partial charge in [-0.2, -0.15) is 0 Å². The monoisotopic (exact) mass is 428 g/mol. The van der Waals surface area contributed by atoms with Gasteiger partial charge in [0.05, 0.1) is 10.2 Å². The van der Waals surface area contributed by atoms with Crippen molar-refractivity contribution in [3.8, 4) is 0 Å². The first-order valence-electron chi connectivity index (χ1n) is 9.86. The van der Waals surface area contributed by atoms with E-state index < -0.39 is 7.26 Å². The molecule has 4 heteroatoms. The largest absolute Gasteiger partial charge is 0.237 e. The fourth-order valence-corrected chi connectivity index (χ4v) is 9.53. The molecule has 0 N–H and O–H groups in total. The van der Waals surface area contributed by atoms with E-state index >= 15 is 0 Å². The van der Waals surface area contributed by atoms with E-state index in [1.165, 1.54) is 28.0 Å². The summed E-state index contributed by atoms with van der Waals surface area (Å²) in [6.07, 6.45) is 0.812. The van der Waals surface area contributed by atoms with Crippen molar-refractivity contribution in [3.63, 3.8) is 0 Å². The summed E-state index contributed by atoms with van der Waals surface area (Å²) >= 11 is 1.67. The standard InChI is InChI=1S/C26H20FNPS/c27-20-16-17-25-24(18-20)28-26(30-25)19-29(21-10-4-1-5-11-21,22-12-6-2-7-13-22)23-14-8-3-9-15-23/h1-18H,19H2/q+1. The molecule has 5 rings (SSSR count). The number of halogens is 1. The molecule has 0 spiro atoms. The SMILES string of the molecule is Fc1ccc2sc(C[P+](c3ccccc3)(c3ccccc3)c3ccccc3)nc2c1. The highest BCUT2D eigenvalue weighted by molar-refractivity contribution is 7.95. The van der Waals surface area contributed by atoms with Crippen molar-refractivity contribution in [2.75, 3.05) is 0 Å². The smallest absolute Gasteiger partial charge is 0.132 e. The number of benzene rings is 4. The molecule has 0 radical (unpaired) electrons. The third-order valence-corrected chi connectivity index (χ3v) is 10.9. The van der Waals surface area contributed by atoms with Crippen LogP contribution in [-0.4, -0.2) is 4.98 Å². The zero-order valence-electron chi connectivity index (χ0n) is 16.3. The Hall–Kier alpha value is -2.87. The quantitative estimate of drug-likeness (QED) is 0.316. The highest BCUT2D eigenvalue weighted by Gasteiger charge is 2.46. The van der Waals surface area contributed by atoms with E-state index in [2.05, 4.69) is 91.0 Å². The Bertz CT molecular complexity index is 1170. The molecule has 0 saturated heterocycles. The van der Waals surface area contributed by atoms with Gasteiger partial charge in [0.2, 0.25) is 0 Å². The topological polar surface area (TPSA) is 12.9 Å². The lowest BCUT2D eigenvalue weighted by Crippen LogP contribution is -2.32. The van der Waals surface area contributed by atoms with Crippen LogP contribution >= 0.6 is 18.6 Å². The fraction of sp³-hybridized carbons (Fsp3) is 0.0385. The molecule has 0 bridgehead atoms. The second-order valence-corrected chi connectivity index (χ2v) is 11.8.